The summed E-state index contributed by atoms with van der Waals surface area (Å²) in [6, 6.07) is 0. The number of hydrogen-bond acceptors (Lipinski definition) is 3. The van der Waals surface area contributed by atoms with Crippen LogP contribution < -0.4 is 0 Å². The number of aliphatic carboxylic acids is 1. The molecule has 0 atom stereocenters. The Morgan fingerprint density at radius 3 is 2.38 bits per heavy atom. The number of methoxy groups -OCH3 is 1. The van der Waals surface area contributed by atoms with Crippen molar-refractivity contribution in [3.05, 3.63) is 36.5 Å². The molecular formula is C9H10O4. The maximum absolute atomic E-state index is 10.9. The summed E-state index contributed by atoms with van der Waals surface area (Å²) in [6.45, 7) is 3.38. The molecule has 0 heterocycles. The molecule has 0 aliphatic heterocycles. The lowest BCUT2D eigenvalue weighted by atomic mass is 10.2. The van der Waals surface area contributed by atoms with Gasteiger partial charge in [0.2, 0.25) is 0 Å². The van der Waals surface area contributed by atoms with Gasteiger partial charge in [-0.2, -0.15) is 0 Å². The van der Waals surface area contributed by atoms with E-state index < -0.39 is 11.9 Å². The van der Waals surface area contributed by atoms with Crippen LogP contribution in [0.1, 0.15) is 0 Å². The minimum Gasteiger partial charge on any atom is -0.478 e. The molecule has 0 saturated heterocycles. The second-order valence-corrected chi connectivity index (χ2v) is 2.02. The lowest BCUT2D eigenvalue weighted by Gasteiger charge is -1.96. The van der Waals surface area contributed by atoms with E-state index in [9.17, 15) is 9.59 Å². The van der Waals surface area contributed by atoms with Gasteiger partial charge in [0.25, 0.3) is 0 Å². The number of carboxylic acids is 1. The van der Waals surface area contributed by atoms with Gasteiger partial charge in [-0.25, -0.2) is 9.59 Å². The molecule has 0 amide bonds. The van der Waals surface area contributed by atoms with Gasteiger partial charge in [-0.05, 0) is 12.2 Å². The van der Waals surface area contributed by atoms with Gasteiger partial charge in [-0.15, -0.1) is 0 Å². The van der Waals surface area contributed by atoms with E-state index >= 15 is 0 Å². The highest BCUT2D eigenvalue weighted by atomic mass is 16.5. The van der Waals surface area contributed by atoms with Crippen molar-refractivity contribution in [2.24, 2.45) is 0 Å². The quantitative estimate of drug-likeness (QED) is 0.399. The van der Waals surface area contributed by atoms with Crippen LogP contribution >= 0.6 is 0 Å². The van der Waals surface area contributed by atoms with Crippen molar-refractivity contribution in [1.29, 1.82) is 0 Å². The first-order valence-electron chi connectivity index (χ1n) is 3.44. The molecule has 0 bridgehead atoms. The zero-order chi connectivity index (χ0) is 10.3. The van der Waals surface area contributed by atoms with Crippen LogP contribution in [-0.4, -0.2) is 24.2 Å². The van der Waals surface area contributed by atoms with Crippen molar-refractivity contribution in [2.75, 3.05) is 7.11 Å². The van der Waals surface area contributed by atoms with Crippen LogP contribution in [0, 0.1) is 0 Å². The molecule has 0 saturated carbocycles. The van der Waals surface area contributed by atoms with E-state index in [2.05, 4.69) is 11.3 Å². The second kappa shape index (κ2) is 5.77. The standard InChI is InChI=1S/C9H10O4/c1-3-4-7(9(12)13-2)5-6-8(10)11/h3-6H,1H2,2H3,(H,10,11). The summed E-state index contributed by atoms with van der Waals surface area (Å²) in [6.07, 6.45) is 4.74. The van der Waals surface area contributed by atoms with Crippen LogP contribution in [0.4, 0.5) is 0 Å². The predicted molar refractivity (Wildman–Crippen MR) is 47.1 cm³/mol. The Hall–Kier alpha value is -1.84. The summed E-state index contributed by atoms with van der Waals surface area (Å²) in [5.74, 6) is -1.73. The van der Waals surface area contributed by atoms with Crippen molar-refractivity contribution in [2.45, 2.75) is 0 Å². The summed E-state index contributed by atoms with van der Waals surface area (Å²) >= 11 is 0. The van der Waals surface area contributed by atoms with E-state index in [0.29, 0.717) is 0 Å². The molecule has 0 radical (unpaired) electrons. The number of rotatable bonds is 4. The van der Waals surface area contributed by atoms with Crippen LogP contribution in [0.2, 0.25) is 0 Å². The molecule has 13 heavy (non-hydrogen) atoms. The van der Waals surface area contributed by atoms with Gasteiger partial charge in [0.1, 0.15) is 0 Å². The first-order chi connectivity index (χ1) is 6.11. The van der Waals surface area contributed by atoms with Crippen LogP contribution in [-0.2, 0) is 14.3 Å². The van der Waals surface area contributed by atoms with Gasteiger partial charge >= 0.3 is 11.9 Å². The summed E-state index contributed by atoms with van der Waals surface area (Å²) in [7, 11) is 1.22. The molecule has 0 rings (SSSR count). The SMILES string of the molecule is C=CC=C(C=CC(=O)O)C(=O)OC. The maximum Gasteiger partial charge on any atom is 0.337 e. The molecule has 70 valence electrons. The van der Waals surface area contributed by atoms with Crippen molar-refractivity contribution in [1.82, 2.24) is 0 Å². The van der Waals surface area contributed by atoms with E-state index in [1.54, 1.807) is 0 Å². The van der Waals surface area contributed by atoms with Gasteiger partial charge in [0, 0.05) is 6.08 Å². The highest BCUT2D eigenvalue weighted by Crippen LogP contribution is 1.99. The largest absolute Gasteiger partial charge is 0.478 e. The van der Waals surface area contributed by atoms with E-state index in [-0.39, 0.29) is 5.57 Å². The molecule has 0 aromatic rings. The zero-order valence-electron chi connectivity index (χ0n) is 7.19. The average Bonchev–Trinajstić information content (AvgIpc) is 2.10. The van der Waals surface area contributed by atoms with E-state index in [4.69, 9.17) is 5.11 Å². The minimum atomic E-state index is -1.13. The van der Waals surface area contributed by atoms with Gasteiger partial charge in [0.15, 0.2) is 0 Å². The Balaban J connectivity index is 4.63. The third-order valence-corrected chi connectivity index (χ3v) is 1.12. The Morgan fingerprint density at radius 2 is 2.00 bits per heavy atom. The molecule has 0 unspecified atom stereocenters. The lowest BCUT2D eigenvalue weighted by Crippen LogP contribution is -2.02. The number of carbonyl (C=O) groups excluding carboxylic acids is 1. The highest BCUT2D eigenvalue weighted by molar-refractivity contribution is 5.93. The monoisotopic (exact) mass is 182 g/mol. The molecule has 0 aromatic carbocycles. The number of carboxylic acid groups (broad SMARTS) is 1. The fourth-order valence-electron chi connectivity index (χ4n) is 0.598. The van der Waals surface area contributed by atoms with Crippen molar-refractivity contribution < 1.29 is 19.4 Å². The number of ether oxygens (including phenoxy) is 1. The van der Waals surface area contributed by atoms with Gasteiger partial charge in [0.05, 0.1) is 12.7 Å². The topological polar surface area (TPSA) is 63.6 Å². The fourth-order valence-corrected chi connectivity index (χ4v) is 0.598. The molecule has 4 heteroatoms. The minimum absolute atomic E-state index is 0.139. The van der Waals surface area contributed by atoms with E-state index in [0.717, 1.165) is 12.2 Å². The predicted octanol–water partition coefficient (Wildman–Crippen LogP) is 0.913. The molecule has 0 aromatic heterocycles. The Bertz CT molecular complexity index is 273. The van der Waals surface area contributed by atoms with Crippen molar-refractivity contribution in [3.63, 3.8) is 0 Å². The van der Waals surface area contributed by atoms with E-state index in [1.165, 1.54) is 19.3 Å². The summed E-state index contributed by atoms with van der Waals surface area (Å²) in [5, 5.41) is 8.29. The molecule has 4 nitrogen and oxygen atoms in total. The van der Waals surface area contributed by atoms with E-state index in [1.807, 2.05) is 0 Å². The van der Waals surface area contributed by atoms with Crippen LogP contribution in [0.15, 0.2) is 36.5 Å². The summed E-state index contributed by atoms with van der Waals surface area (Å²) in [5.41, 5.74) is 0.139. The first kappa shape index (κ1) is 11.2. The number of allylic oxidation sites excluding steroid dienone is 2. The average molecular weight is 182 g/mol. The molecule has 0 aliphatic rings. The van der Waals surface area contributed by atoms with Crippen molar-refractivity contribution >= 4 is 11.9 Å². The number of hydrogen-bond donors (Lipinski definition) is 1. The summed E-state index contributed by atoms with van der Waals surface area (Å²) in [4.78, 5) is 21.1. The smallest absolute Gasteiger partial charge is 0.337 e. The van der Waals surface area contributed by atoms with Gasteiger partial charge in [-0.3, -0.25) is 0 Å². The summed E-state index contributed by atoms with van der Waals surface area (Å²) < 4.78 is 4.40. The molecule has 1 N–H and O–H groups in total. The maximum atomic E-state index is 10.9. The number of carbonyl (C=O) groups is 2. The molecule has 0 spiro atoms. The lowest BCUT2D eigenvalue weighted by molar-refractivity contribution is -0.135. The number of esters is 1. The zero-order valence-corrected chi connectivity index (χ0v) is 7.19. The normalized spacial score (nSPS) is 11.3. The van der Waals surface area contributed by atoms with Crippen LogP contribution in [0.25, 0.3) is 0 Å². The van der Waals surface area contributed by atoms with Crippen LogP contribution in [0.5, 0.6) is 0 Å². The second-order valence-electron chi connectivity index (χ2n) is 2.02. The van der Waals surface area contributed by atoms with Crippen LogP contribution in [0.3, 0.4) is 0 Å². The third kappa shape index (κ3) is 4.58. The Kier molecular flexibility index (Phi) is 4.95. The molecule has 0 aliphatic carbocycles. The Morgan fingerprint density at radius 1 is 1.38 bits per heavy atom. The van der Waals surface area contributed by atoms with Crippen molar-refractivity contribution in [3.8, 4) is 0 Å². The highest BCUT2D eigenvalue weighted by Gasteiger charge is 2.04. The fraction of sp³-hybridized carbons (Fsp3) is 0.111. The van der Waals surface area contributed by atoms with Gasteiger partial charge < -0.3 is 9.84 Å². The molecule has 0 fully saturated rings. The Labute approximate surface area is 75.8 Å². The first-order valence-corrected chi connectivity index (χ1v) is 3.44. The van der Waals surface area contributed by atoms with Gasteiger partial charge in [-0.1, -0.05) is 12.7 Å². The molecular weight excluding hydrogens is 172 g/mol. The third-order valence-electron chi connectivity index (χ3n) is 1.12.